The molecule has 0 atom stereocenters. The fraction of sp³-hybridized carbons (Fsp3) is 0.286. The fourth-order valence-electron chi connectivity index (χ4n) is 3.81. The summed E-state index contributed by atoms with van der Waals surface area (Å²) in [5.41, 5.74) is 12.0. The van der Waals surface area contributed by atoms with Crippen LogP contribution in [0.1, 0.15) is 36.3 Å². The lowest BCUT2D eigenvalue weighted by Gasteiger charge is -2.35. The molecule has 0 radical (unpaired) electrons. The molecule has 4 rings (SSSR count). The summed E-state index contributed by atoms with van der Waals surface area (Å²) in [6.45, 7) is 5.39. The number of rotatable bonds is 5. The van der Waals surface area contributed by atoms with Gasteiger partial charge in [-0.2, -0.15) is 0 Å². The lowest BCUT2D eigenvalue weighted by molar-refractivity contribution is 0.0952. The van der Waals surface area contributed by atoms with Crippen LogP contribution in [0, 0.1) is 0 Å². The Labute approximate surface area is 174 Å². The Balaban J connectivity index is 1.60. The Hall–Kier alpha value is -3.06. The van der Waals surface area contributed by atoms with Crippen molar-refractivity contribution >= 4 is 40.2 Å². The lowest BCUT2D eigenvalue weighted by atomic mass is 9.94. The number of benzene rings is 1. The van der Waals surface area contributed by atoms with Crippen LogP contribution in [0.15, 0.2) is 41.7 Å². The van der Waals surface area contributed by atoms with E-state index in [1.165, 1.54) is 11.1 Å². The van der Waals surface area contributed by atoms with E-state index in [1.807, 2.05) is 12.1 Å². The number of hydrogen-bond donors (Lipinski definition) is 3. The van der Waals surface area contributed by atoms with Crippen LogP contribution >= 0.6 is 11.6 Å². The van der Waals surface area contributed by atoms with E-state index in [1.54, 1.807) is 12.3 Å². The molecule has 0 aliphatic carbocycles. The lowest BCUT2D eigenvalue weighted by Crippen LogP contribution is -2.37. The van der Waals surface area contributed by atoms with Crippen molar-refractivity contribution in [3.05, 3.63) is 58.0 Å². The van der Waals surface area contributed by atoms with E-state index in [2.05, 4.69) is 45.1 Å². The van der Waals surface area contributed by atoms with Crippen LogP contribution in [-0.4, -0.2) is 33.9 Å². The van der Waals surface area contributed by atoms with Gasteiger partial charge in [-0.3, -0.25) is 4.79 Å². The van der Waals surface area contributed by atoms with E-state index in [9.17, 15) is 4.79 Å². The van der Waals surface area contributed by atoms with Crippen LogP contribution in [0.3, 0.4) is 0 Å². The average molecular weight is 411 g/mol. The number of aromatic nitrogens is 3. The molecule has 7 nitrogen and oxygen atoms in total. The van der Waals surface area contributed by atoms with Crippen molar-refractivity contribution in [2.24, 2.45) is 0 Å². The Kier molecular flexibility index (Phi) is 5.15. The van der Waals surface area contributed by atoms with Crippen molar-refractivity contribution in [2.45, 2.75) is 26.7 Å². The van der Waals surface area contributed by atoms with E-state index >= 15 is 0 Å². The first-order valence-corrected chi connectivity index (χ1v) is 10.0. The van der Waals surface area contributed by atoms with Crippen molar-refractivity contribution in [3.8, 4) is 0 Å². The predicted molar refractivity (Wildman–Crippen MR) is 116 cm³/mol. The van der Waals surface area contributed by atoms with Gasteiger partial charge in [0, 0.05) is 29.1 Å². The number of carbonyl (C=O) groups is 1. The molecule has 4 N–H and O–H groups in total. The Bertz CT molecular complexity index is 1120. The second kappa shape index (κ2) is 7.75. The van der Waals surface area contributed by atoms with E-state index in [-0.39, 0.29) is 17.4 Å². The first-order valence-electron chi connectivity index (χ1n) is 9.67. The molecule has 3 aromatic rings. The number of amides is 1. The summed E-state index contributed by atoms with van der Waals surface area (Å²) in [6.07, 6.45) is 3.47. The molecule has 0 bridgehead atoms. The molecule has 0 unspecified atom stereocenters. The number of nitrogens with zero attached hydrogens (tertiary/aromatic N) is 3. The zero-order valence-electron chi connectivity index (χ0n) is 16.4. The van der Waals surface area contributed by atoms with Gasteiger partial charge in [-0.05, 0) is 49.1 Å². The summed E-state index contributed by atoms with van der Waals surface area (Å²) >= 11 is 6.24. The fourth-order valence-corrected chi connectivity index (χ4v) is 3.98. The van der Waals surface area contributed by atoms with Gasteiger partial charge >= 0.3 is 0 Å². The third kappa shape index (κ3) is 3.53. The number of nitrogen functional groups attached to an aromatic ring is 1. The van der Waals surface area contributed by atoms with Crippen LogP contribution in [0.2, 0.25) is 5.02 Å². The Morgan fingerprint density at radius 2 is 2.14 bits per heavy atom. The van der Waals surface area contributed by atoms with Gasteiger partial charge < -0.3 is 20.9 Å². The highest BCUT2D eigenvalue weighted by atomic mass is 35.5. The quantitative estimate of drug-likeness (QED) is 0.595. The molecule has 29 heavy (non-hydrogen) atoms. The number of anilines is 2. The van der Waals surface area contributed by atoms with Crippen LogP contribution in [0.5, 0.6) is 0 Å². The number of nitrogens with two attached hydrogens (primary N) is 1. The topological polar surface area (TPSA) is 99.9 Å². The number of nitrogens with one attached hydrogen (secondary N) is 2. The minimum Gasteiger partial charge on any atom is -0.382 e. The van der Waals surface area contributed by atoms with Gasteiger partial charge in [-0.15, -0.1) is 0 Å². The maximum atomic E-state index is 12.8. The average Bonchev–Trinajstić information content (AvgIpc) is 3.17. The number of halogens is 1. The summed E-state index contributed by atoms with van der Waals surface area (Å²) in [6, 6.07) is 7.75. The van der Waals surface area contributed by atoms with Crippen LogP contribution < -0.4 is 16.0 Å². The molecule has 0 spiro atoms. The number of likely N-dealkylation sites (N-methyl/N-ethyl adjacent to an activating group) is 1. The Morgan fingerprint density at radius 1 is 1.31 bits per heavy atom. The molecule has 2 aromatic heterocycles. The van der Waals surface area contributed by atoms with Gasteiger partial charge in [0.2, 0.25) is 0 Å². The summed E-state index contributed by atoms with van der Waals surface area (Å²) in [7, 11) is 0. The molecular formula is C21H23ClN6O. The summed E-state index contributed by atoms with van der Waals surface area (Å²) < 4.78 is 0. The molecular weight excluding hydrogens is 388 g/mol. The summed E-state index contributed by atoms with van der Waals surface area (Å²) in [5, 5.41) is 3.68. The summed E-state index contributed by atoms with van der Waals surface area (Å²) in [4.78, 5) is 26.5. The number of fused-ring (bicyclic) bond motifs is 2. The van der Waals surface area contributed by atoms with Gasteiger partial charge in [-0.1, -0.05) is 24.6 Å². The van der Waals surface area contributed by atoms with Gasteiger partial charge in [-0.25, -0.2) is 9.97 Å². The Morgan fingerprint density at radius 3 is 2.90 bits per heavy atom. The first-order chi connectivity index (χ1) is 14.0. The predicted octanol–water partition coefficient (Wildman–Crippen LogP) is 3.67. The second-order valence-corrected chi connectivity index (χ2v) is 7.39. The molecule has 1 aromatic carbocycles. The molecule has 150 valence electrons. The van der Waals surface area contributed by atoms with Gasteiger partial charge in [0.25, 0.3) is 5.91 Å². The molecule has 1 amide bonds. The number of allylic oxidation sites excluding steroid dienone is 1. The summed E-state index contributed by atoms with van der Waals surface area (Å²) in [5.74, 6) is -0.232. The van der Waals surface area contributed by atoms with Crippen LogP contribution in [0.4, 0.5) is 11.5 Å². The molecule has 3 heterocycles. The number of hydrogen-bond acceptors (Lipinski definition) is 5. The molecule has 0 fully saturated rings. The third-order valence-electron chi connectivity index (χ3n) is 5.26. The highest BCUT2D eigenvalue weighted by molar-refractivity contribution is 6.30. The normalized spacial score (nSPS) is 13.7. The molecule has 0 saturated carbocycles. The minimum absolute atomic E-state index is 0.107. The molecule has 0 saturated heterocycles. The van der Waals surface area contributed by atoms with E-state index < -0.39 is 0 Å². The van der Waals surface area contributed by atoms with Crippen molar-refractivity contribution < 1.29 is 4.79 Å². The zero-order valence-corrected chi connectivity index (χ0v) is 17.2. The molecule has 8 heteroatoms. The standard InChI is InChI=1S/C21H23ClN6O/c1-3-12-9-13-5-6-14(22)10-16(13)28(4-2)17(12)11-25-21(29)18-19(23)27-20-15(26-18)7-8-24-20/h5-8,10H,3-4,9,11H2,1-2H3,(H,25,29)(H3,23,24,27). The maximum absolute atomic E-state index is 12.8. The van der Waals surface area contributed by atoms with Crippen LogP contribution in [0.25, 0.3) is 11.2 Å². The van der Waals surface area contributed by atoms with Gasteiger partial charge in [0.05, 0.1) is 6.54 Å². The van der Waals surface area contributed by atoms with E-state index in [0.29, 0.717) is 22.7 Å². The van der Waals surface area contributed by atoms with Gasteiger partial charge in [0.1, 0.15) is 5.52 Å². The second-order valence-electron chi connectivity index (χ2n) is 6.95. The number of H-pyrrole nitrogens is 1. The smallest absolute Gasteiger partial charge is 0.274 e. The largest absolute Gasteiger partial charge is 0.382 e. The minimum atomic E-state index is -0.339. The zero-order chi connectivity index (χ0) is 20.5. The van der Waals surface area contributed by atoms with Crippen LogP contribution in [-0.2, 0) is 6.42 Å². The van der Waals surface area contributed by atoms with E-state index in [0.717, 1.165) is 30.8 Å². The number of aromatic amines is 1. The SMILES string of the molecule is CCC1=C(CNC(=O)c2nc3cc[nH]c3nc2N)N(CC)c2cc(Cl)ccc2C1. The van der Waals surface area contributed by atoms with Crippen molar-refractivity contribution in [1.82, 2.24) is 20.3 Å². The molecule has 1 aliphatic heterocycles. The first kappa shape index (κ1) is 19.3. The maximum Gasteiger partial charge on any atom is 0.274 e. The van der Waals surface area contributed by atoms with E-state index in [4.69, 9.17) is 17.3 Å². The number of carbonyl (C=O) groups excluding carboxylic acids is 1. The van der Waals surface area contributed by atoms with Crippen molar-refractivity contribution in [2.75, 3.05) is 23.7 Å². The highest BCUT2D eigenvalue weighted by Crippen LogP contribution is 2.35. The van der Waals surface area contributed by atoms with Crippen molar-refractivity contribution in [3.63, 3.8) is 0 Å². The highest BCUT2D eigenvalue weighted by Gasteiger charge is 2.24. The monoisotopic (exact) mass is 410 g/mol. The molecule has 1 aliphatic rings. The van der Waals surface area contributed by atoms with Crippen molar-refractivity contribution in [1.29, 1.82) is 0 Å². The van der Waals surface area contributed by atoms with Gasteiger partial charge in [0.15, 0.2) is 17.2 Å². The third-order valence-corrected chi connectivity index (χ3v) is 5.50.